The van der Waals surface area contributed by atoms with Crippen LogP contribution in [0.4, 0.5) is 5.69 Å². The van der Waals surface area contributed by atoms with Crippen LogP contribution < -0.4 is 14.2 Å². The van der Waals surface area contributed by atoms with Crippen LogP contribution in [0.5, 0.6) is 11.5 Å². The Morgan fingerprint density at radius 2 is 1.79 bits per heavy atom. The number of carbonyl (C=O) groups excluding carboxylic acids is 1. The zero-order chi connectivity index (χ0) is 19.7. The lowest BCUT2D eigenvalue weighted by molar-refractivity contribution is 0.0735. The highest BCUT2D eigenvalue weighted by Gasteiger charge is 2.31. The van der Waals surface area contributed by atoms with Gasteiger partial charge in [-0.15, -0.1) is 0 Å². The standard InChI is InChI=1S/C20H22N2O5S/c1-28(24,25)21-16-7-4-14(5-8-16)20(23)22-10-2-3-17(22)15-6-9-18-19(13-15)27-12-11-26-18/h4-9,13,17,21H,2-3,10-12H2,1H3. The van der Waals surface area contributed by atoms with Crippen LogP contribution >= 0.6 is 0 Å². The average molecular weight is 402 g/mol. The molecule has 1 N–H and O–H groups in total. The lowest BCUT2D eigenvalue weighted by Crippen LogP contribution is -2.30. The topological polar surface area (TPSA) is 84.9 Å². The van der Waals surface area contributed by atoms with Gasteiger partial charge in [-0.05, 0) is 54.8 Å². The van der Waals surface area contributed by atoms with Crippen molar-refractivity contribution < 1.29 is 22.7 Å². The highest BCUT2D eigenvalue weighted by molar-refractivity contribution is 7.92. The van der Waals surface area contributed by atoms with E-state index < -0.39 is 10.0 Å². The zero-order valence-corrected chi connectivity index (χ0v) is 16.4. The molecular formula is C20H22N2O5S. The van der Waals surface area contributed by atoms with Gasteiger partial charge in [0, 0.05) is 17.8 Å². The molecule has 0 radical (unpaired) electrons. The van der Waals surface area contributed by atoms with Gasteiger partial charge in [-0.25, -0.2) is 8.42 Å². The molecule has 2 heterocycles. The van der Waals surface area contributed by atoms with Gasteiger partial charge >= 0.3 is 0 Å². The second kappa shape index (κ2) is 7.35. The molecule has 148 valence electrons. The van der Waals surface area contributed by atoms with Crippen molar-refractivity contribution in [2.24, 2.45) is 0 Å². The maximum absolute atomic E-state index is 13.0. The molecular weight excluding hydrogens is 380 g/mol. The number of carbonyl (C=O) groups is 1. The minimum Gasteiger partial charge on any atom is -0.486 e. The minimum atomic E-state index is -3.35. The number of nitrogens with one attached hydrogen (secondary N) is 1. The number of amides is 1. The third-order valence-corrected chi connectivity index (χ3v) is 5.51. The van der Waals surface area contributed by atoms with E-state index in [4.69, 9.17) is 9.47 Å². The van der Waals surface area contributed by atoms with E-state index in [1.165, 1.54) is 0 Å². The van der Waals surface area contributed by atoms with Gasteiger partial charge in [0.2, 0.25) is 10.0 Å². The van der Waals surface area contributed by atoms with Gasteiger partial charge in [0.25, 0.3) is 5.91 Å². The van der Waals surface area contributed by atoms with Crippen LogP contribution in [-0.2, 0) is 10.0 Å². The molecule has 1 fully saturated rings. The van der Waals surface area contributed by atoms with Gasteiger partial charge in [-0.3, -0.25) is 9.52 Å². The summed E-state index contributed by atoms with van der Waals surface area (Å²) in [7, 11) is -3.35. The van der Waals surface area contributed by atoms with Gasteiger partial charge in [-0.1, -0.05) is 6.07 Å². The van der Waals surface area contributed by atoms with E-state index in [1.54, 1.807) is 24.3 Å². The highest BCUT2D eigenvalue weighted by atomic mass is 32.2. The normalized spacial score (nSPS) is 18.8. The van der Waals surface area contributed by atoms with Crippen molar-refractivity contribution in [1.82, 2.24) is 4.90 Å². The number of fused-ring (bicyclic) bond motifs is 1. The maximum atomic E-state index is 13.0. The van der Waals surface area contributed by atoms with E-state index >= 15 is 0 Å². The first-order chi connectivity index (χ1) is 13.4. The van der Waals surface area contributed by atoms with E-state index in [0.717, 1.165) is 36.2 Å². The number of nitrogens with zero attached hydrogens (tertiary/aromatic N) is 1. The van der Waals surface area contributed by atoms with Crippen LogP contribution in [0.2, 0.25) is 0 Å². The first kappa shape index (κ1) is 18.6. The Bertz CT molecular complexity index is 988. The highest BCUT2D eigenvalue weighted by Crippen LogP contribution is 2.38. The van der Waals surface area contributed by atoms with Crippen LogP contribution in [-0.4, -0.2) is 45.2 Å². The molecule has 2 aliphatic heterocycles. The molecule has 2 aromatic rings. The number of rotatable bonds is 4. The lowest BCUT2D eigenvalue weighted by Gasteiger charge is -2.27. The fourth-order valence-electron chi connectivity index (χ4n) is 3.68. The molecule has 2 aliphatic rings. The predicted octanol–water partition coefficient (Wildman–Crippen LogP) is 2.81. The SMILES string of the molecule is CS(=O)(=O)Nc1ccc(C(=O)N2CCCC2c2ccc3c(c2)OCCO3)cc1. The second-order valence-electron chi connectivity index (χ2n) is 7.01. The van der Waals surface area contributed by atoms with Crippen LogP contribution in [0, 0.1) is 0 Å². The second-order valence-corrected chi connectivity index (χ2v) is 8.76. The van der Waals surface area contributed by atoms with Crippen LogP contribution in [0.3, 0.4) is 0 Å². The van der Waals surface area contributed by atoms with E-state index in [2.05, 4.69) is 4.72 Å². The Morgan fingerprint density at radius 3 is 2.50 bits per heavy atom. The number of ether oxygens (including phenoxy) is 2. The Hall–Kier alpha value is -2.74. The average Bonchev–Trinajstić information content (AvgIpc) is 3.16. The van der Waals surface area contributed by atoms with Crippen LogP contribution in [0.1, 0.15) is 34.8 Å². The molecule has 1 amide bonds. The molecule has 0 aliphatic carbocycles. The molecule has 0 aromatic heterocycles. The van der Waals surface area contributed by atoms with Gasteiger partial charge in [0.05, 0.1) is 12.3 Å². The molecule has 0 spiro atoms. The number of sulfonamides is 1. The molecule has 1 unspecified atom stereocenters. The monoisotopic (exact) mass is 402 g/mol. The number of hydrogen-bond acceptors (Lipinski definition) is 5. The third-order valence-electron chi connectivity index (χ3n) is 4.90. The molecule has 8 heteroatoms. The van der Waals surface area contributed by atoms with Gasteiger partial charge in [0.1, 0.15) is 13.2 Å². The summed E-state index contributed by atoms with van der Waals surface area (Å²) in [5.41, 5.74) is 2.00. The smallest absolute Gasteiger partial charge is 0.254 e. The summed E-state index contributed by atoms with van der Waals surface area (Å²) in [5.74, 6) is 1.39. The van der Waals surface area contributed by atoms with E-state index in [9.17, 15) is 13.2 Å². The van der Waals surface area contributed by atoms with Crippen molar-refractivity contribution >= 4 is 21.6 Å². The molecule has 7 nitrogen and oxygen atoms in total. The largest absolute Gasteiger partial charge is 0.486 e. The predicted molar refractivity (Wildman–Crippen MR) is 105 cm³/mol. The molecule has 0 bridgehead atoms. The van der Waals surface area contributed by atoms with E-state index in [-0.39, 0.29) is 11.9 Å². The lowest BCUT2D eigenvalue weighted by atomic mass is 10.0. The van der Waals surface area contributed by atoms with Gasteiger partial charge < -0.3 is 14.4 Å². The number of anilines is 1. The summed E-state index contributed by atoms with van der Waals surface area (Å²) >= 11 is 0. The Balaban J connectivity index is 1.54. The number of likely N-dealkylation sites (tertiary alicyclic amines) is 1. The molecule has 1 saturated heterocycles. The summed E-state index contributed by atoms with van der Waals surface area (Å²) in [6.45, 7) is 1.75. The zero-order valence-electron chi connectivity index (χ0n) is 15.6. The van der Waals surface area contributed by atoms with Crippen molar-refractivity contribution in [3.05, 3.63) is 53.6 Å². The quantitative estimate of drug-likeness (QED) is 0.850. The first-order valence-electron chi connectivity index (χ1n) is 9.19. The first-order valence-corrected chi connectivity index (χ1v) is 11.1. The Labute approximate surface area is 164 Å². The number of hydrogen-bond donors (Lipinski definition) is 1. The molecule has 28 heavy (non-hydrogen) atoms. The summed E-state index contributed by atoms with van der Waals surface area (Å²) < 4.78 is 36.3. The van der Waals surface area contributed by atoms with Crippen molar-refractivity contribution in [2.75, 3.05) is 30.7 Å². The minimum absolute atomic E-state index is 0.0165. The van der Waals surface area contributed by atoms with Crippen LogP contribution in [0.25, 0.3) is 0 Å². The molecule has 0 saturated carbocycles. The Kier molecular flexibility index (Phi) is 4.89. The molecule has 2 aromatic carbocycles. The van der Waals surface area contributed by atoms with Gasteiger partial charge in [0.15, 0.2) is 11.5 Å². The van der Waals surface area contributed by atoms with Crippen LogP contribution in [0.15, 0.2) is 42.5 Å². The third kappa shape index (κ3) is 3.91. The fraction of sp³-hybridized carbons (Fsp3) is 0.350. The summed E-state index contributed by atoms with van der Waals surface area (Å²) in [5, 5.41) is 0. The maximum Gasteiger partial charge on any atom is 0.254 e. The molecule has 4 rings (SSSR count). The summed E-state index contributed by atoms with van der Waals surface area (Å²) in [6.07, 6.45) is 2.91. The van der Waals surface area contributed by atoms with Crippen molar-refractivity contribution in [2.45, 2.75) is 18.9 Å². The summed E-state index contributed by atoms with van der Waals surface area (Å²) in [6, 6.07) is 12.3. The van der Waals surface area contributed by atoms with Gasteiger partial charge in [-0.2, -0.15) is 0 Å². The fourth-order valence-corrected chi connectivity index (χ4v) is 4.25. The summed E-state index contributed by atoms with van der Waals surface area (Å²) in [4.78, 5) is 14.9. The molecule has 1 atom stereocenters. The van der Waals surface area contributed by atoms with Crippen molar-refractivity contribution in [3.8, 4) is 11.5 Å². The van der Waals surface area contributed by atoms with Crippen molar-refractivity contribution in [1.29, 1.82) is 0 Å². The van der Waals surface area contributed by atoms with Crippen molar-refractivity contribution in [3.63, 3.8) is 0 Å². The Morgan fingerprint density at radius 1 is 1.07 bits per heavy atom. The number of benzene rings is 2. The van der Waals surface area contributed by atoms with E-state index in [0.29, 0.717) is 31.0 Å². The van der Waals surface area contributed by atoms with E-state index in [1.807, 2.05) is 23.1 Å².